The number of halogens is 1. The highest BCUT2D eigenvalue weighted by atomic mass is 32.2. The first-order valence-corrected chi connectivity index (χ1v) is 7.88. The number of carbonyl (C=O) groups is 1. The second kappa shape index (κ2) is 7.48. The lowest BCUT2D eigenvalue weighted by molar-refractivity contribution is 0.0691. The van der Waals surface area contributed by atoms with E-state index < -0.39 is 27.4 Å². The van der Waals surface area contributed by atoms with Crippen molar-refractivity contribution in [3.8, 4) is 0 Å². The first-order valence-electron chi connectivity index (χ1n) is 6.40. The van der Waals surface area contributed by atoms with E-state index in [2.05, 4.69) is 4.72 Å². The molecule has 0 bridgehead atoms. The van der Waals surface area contributed by atoms with E-state index in [1.54, 1.807) is 0 Å². The van der Waals surface area contributed by atoms with Gasteiger partial charge in [0.25, 0.3) is 0 Å². The average molecular weight is 319 g/mol. The van der Waals surface area contributed by atoms with Crippen LogP contribution < -0.4 is 4.72 Å². The zero-order valence-corrected chi connectivity index (χ0v) is 12.7. The van der Waals surface area contributed by atoms with Crippen LogP contribution in [0, 0.1) is 12.7 Å². The molecule has 0 spiro atoms. The number of rotatable bonds is 8. The maximum absolute atomic E-state index is 13.6. The predicted molar refractivity (Wildman–Crippen MR) is 74.4 cm³/mol. The summed E-state index contributed by atoms with van der Waals surface area (Å²) in [6, 6.07) is 1.92. The van der Waals surface area contributed by atoms with Gasteiger partial charge < -0.3 is 9.84 Å². The minimum absolute atomic E-state index is 0.0374. The number of ether oxygens (including phenoxy) is 1. The van der Waals surface area contributed by atoms with Crippen molar-refractivity contribution in [1.29, 1.82) is 0 Å². The SMILES string of the molecule is CCOCCCNS(=O)(=O)c1cc(C)c(F)c(C(=O)O)c1. The summed E-state index contributed by atoms with van der Waals surface area (Å²) in [6.45, 7) is 4.27. The average Bonchev–Trinajstić information content (AvgIpc) is 2.40. The summed E-state index contributed by atoms with van der Waals surface area (Å²) >= 11 is 0. The molecule has 0 saturated carbocycles. The van der Waals surface area contributed by atoms with Crippen LogP contribution in [0.3, 0.4) is 0 Å². The van der Waals surface area contributed by atoms with Gasteiger partial charge in [0.1, 0.15) is 5.82 Å². The molecule has 0 saturated heterocycles. The van der Waals surface area contributed by atoms with Crippen LogP contribution in [-0.4, -0.2) is 39.3 Å². The molecule has 0 aliphatic rings. The maximum atomic E-state index is 13.6. The number of aryl methyl sites for hydroxylation is 1. The minimum Gasteiger partial charge on any atom is -0.478 e. The maximum Gasteiger partial charge on any atom is 0.338 e. The van der Waals surface area contributed by atoms with E-state index in [0.29, 0.717) is 19.6 Å². The topological polar surface area (TPSA) is 92.7 Å². The second-order valence-electron chi connectivity index (χ2n) is 4.36. The van der Waals surface area contributed by atoms with Crippen molar-refractivity contribution in [1.82, 2.24) is 4.72 Å². The lowest BCUT2D eigenvalue weighted by atomic mass is 10.1. The minimum atomic E-state index is -3.88. The fourth-order valence-corrected chi connectivity index (χ4v) is 2.84. The highest BCUT2D eigenvalue weighted by Gasteiger charge is 2.20. The number of carboxylic acid groups (broad SMARTS) is 1. The van der Waals surface area contributed by atoms with E-state index in [1.165, 1.54) is 6.92 Å². The monoisotopic (exact) mass is 319 g/mol. The van der Waals surface area contributed by atoms with Crippen molar-refractivity contribution in [2.24, 2.45) is 0 Å². The van der Waals surface area contributed by atoms with Gasteiger partial charge >= 0.3 is 5.97 Å². The van der Waals surface area contributed by atoms with Gasteiger partial charge in [-0.2, -0.15) is 0 Å². The summed E-state index contributed by atoms with van der Waals surface area (Å²) in [5.74, 6) is -2.44. The standard InChI is InChI=1S/C13H18FNO5S/c1-3-20-6-4-5-15-21(18,19)10-7-9(2)12(14)11(8-10)13(16)17/h7-8,15H,3-6H2,1-2H3,(H,16,17). The molecular formula is C13H18FNO5S. The molecule has 0 aliphatic carbocycles. The van der Waals surface area contributed by atoms with Crippen LogP contribution in [0.1, 0.15) is 29.3 Å². The number of sulfonamides is 1. The normalized spacial score (nSPS) is 11.6. The highest BCUT2D eigenvalue weighted by molar-refractivity contribution is 7.89. The molecule has 118 valence electrons. The Balaban J connectivity index is 2.91. The quantitative estimate of drug-likeness (QED) is 0.709. The highest BCUT2D eigenvalue weighted by Crippen LogP contribution is 2.19. The van der Waals surface area contributed by atoms with Gasteiger partial charge in [0.15, 0.2) is 0 Å². The van der Waals surface area contributed by atoms with Crippen molar-refractivity contribution in [2.45, 2.75) is 25.2 Å². The molecule has 2 N–H and O–H groups in total. The molecule has 21 heavy (non-hydrogen) atoms. The van der Waals surface area contributed by atoms with Gasteiger partial charge in [-0.15, -0.1) is 0 Å². The van der Waals surface area contributed by atoms with Gasteiger partial charge in [0.05, 0.1) is 10.5 Å². The Morgan fingerprint density at radius 3 is 2.67 bits per heavy atom. The third-order valence-electron chi connectivity index (χ3n) is 2.73. The van der Waals surface area contributed by atoms with Crippen molar-refractivity contribution in [2.75, 3.05) is 19.8 Å². The van der Waals surface area contributed by atoms with Crippen molar-refractivity contribution < 1.29 is 27.4 Å². The molecule has 1 aromatic rings. The summed E-state index contributed by atoms with van der Waals surface area (Å²) in [5.41, 5.74) is -0.700. The number of benzene rings is 1. The van der Waals surface area contributed by atoms with E-state index in [0.717, 1.165) is 12.1 Å². The number of carboxylic acids is 1. The Bertz CT molecular complexity index is 615. The van der Waals surface area contributed by atoms with Crippen LogP contribution in [-0.2, 0) is 14.8 Å². The third-order valence-corrected chi connectivity index (χ3v) is 4.17. The fraction of sp³-hybridized carbons (Fsp3) is 0.462. The Kier molecular flexibility index (Phi) is 6.25. The van der Waals surface area contributed by atoms with Crippen LogP contribution in [0.25, 0.3) is 0 Å². The molecule has 0 aliphatic heterocycles. The molecule has 0 unspecified atom stereocenters. The van der Waals surface area contributed by atoms with E-state index >= 15 is 0 Å². The number of hydrogen-bond acceptors (Lipinski definition) is 4. The van der Waals surface area contributed by atoms with Crippen LogP contribution in [0.2, 0.25) is 0 Å². The van der Waals surface area contributed by atoms with Crippen LogP contribution in [0.4, 0.5) is 4.39 Å². The molecule has 0 radical (unpaired) electrons. The largest absolute Gasteiger partial charge is 0.478 e. The lowest BCUT2D eigenvalue weighted by Crippen LogP contribution is -2.26. The Hall–Kier alpha value is -1.51. The van der Waals surface area contributed by atoms with Crippen molar-refractivity contribution >= 4 is 16.0 Å². The van der Waals surface area contributed by atoms with Gasteiger partial charge in [0, 0.05) is 19.8 Å². The lowest BCUT2D eigenvalue weighted by Gasteiger charge is -2.09. The molecule has 0 heterocycles. The first-order chi connectivity index (χ1) is 9.79. The number of hydrogen-bond donors (Lipinski definition) is 2. The molecule has 0 fully saturated rings. The van der Waals surface area contributed by atoms with Gasteiger partial charge in [-0.3, -0.25) is 0 Å². The van der Waals surface area contributed by atoms with Crippen LogP contribution in [0.5, 0.6) is 0 Å². The summed E-state index contributed by atoms with van der Waals surface area (Å²) in [4.78, 5) is 10.6. The zero-order chi connectivity index (χ0) is 16.0. The smallest absolute Gasteiger partial charge is 0.338 e. The Labute approximate surface area is 123 Å². The van der Waals surface area contributed by atoms with Gasteiger partial charge in [-0.05, 0) is 38.0 Å². The summed E-state index contributed by atoms with van der Waals surface area (Å²) < 4.78 is 45.1. The van der Waals surface area contributed by atoms with Crippen LogP contribution >= 0.6 is 0 Å². The molecule has 1 rings (SSSR count). The zero-order valence-electron chi connectivity index (χ0n) is 11.8. The molecule has 6 nitrogen and oxygen atoms in total. The van der Waals surface area contributed by atoms with E-state index in [4.69, 9.17) is 9.84 Å². The van der Waals surface area contributed by atoms with Crippen molar-refractivity contribution in [3.05, 3.63) is 29.1 Å². The van der Waals surface area contributed by atoms with Crippen LogP contribution in [0.15, 0.2) is 17.0 Å². The van der Waals surface area contributed by atoms with E-state index in [9.17, 15) is 17.6 Å². The summed E-state index contributed by atoms with van der Waals surface area (Å²) in [6.07, 6.45) is 0.485. The van der Waals surface area contributed by atoms with Crippen molar-refractivity contribution in [3.63, 3.8) is 0 Å². The molecule has 0 aromatic heterocycles. The molecular weight excluding hydrogens is 301 g/mol. The third kappa shape index (κ3) is 4.76. The first kappa shape index (κ1) is 17.5. The second-order valence-corrected chi connectivity index (χ2v) is 6.12. The molecule has 1 aromatic carbocycles. The van der Waals surface area contributed by atoms with Gasteiger partial charge in [0.2, 0.25) is 10.0 Å². The van der Waals surface area contributed by atoms with E-state index in [-0.39, 0.29) is 17.0 Å². The Morgan fingerprint density at radius 1 is 1.43 bits per heavy atom. The summed E-state index contributed by atoms with van der Waals surface area (Å²) in [7, 11) is -3.88. The van der Waals surface area contributed by atoms with Gasteiger partial charge in [-0.1, -0.05) is 0 Å². The number of aromatic carboxylic acids is 1. The fourth-order valence-electron chi connectivity index (χ4n) is 1.66. The molecule has 0 atom stereocenters. The summed E-state index contributed by atoms with van der Waals surface area (Å²) in [5, 5.41) is 8.88. The van der Waals surface area contributed by atoms with Gasteiger partial charge in [-0.25, -0.2) is 22.3 Å². The van der Waals surface area contributed by atoms with E-state index in [1.807, 2.05) is 6.92 Å². The molecule has 8 heteroatoms. The molecule has 0 amide bonds. The predicted octanol–water partition coefficient (Wildman–Crippen LogP) is 1.54. The Morgan fingerprint density at radius 2 is 2.10 bits per heavy atom. The number of nitrogens with one attached hydrogen (secondary N) is 1.